The first-order valence-electron chi connectivity index (χ1n) is 6.81. The molecule has 0 aromatic heterocycles. The molecule has 0 saturated carbocycles. The Kier molecular flexibility index (Phi) is 3.11. The lowest BCUT2D eigenvalue weighted by Gasteiger charge is -2.40. The molecule has 3 unspecified atom stereocenters. The Balaban J connectivity index is 1.68. The lowest BCUT2D eigenvalue weighted by Crippen LogP contribution is -2.49. The molecule has 3 nitrogen and oxygen atoms in total. The van der Waals surface area contributed by atoms with Crippen molar-refractivity contribution < 1.29 is 4.79 Å². The number of rotatable bonds is 2. The number of piperidine rings is 1. The normalized spacial score (nSPS) is 42.5. The first-order valence-corrected chi connectivity index (χ1v) is 7.44. The summed E-state index contributed by atoms with van der Waals surface area (Å²) in [5.41, 5.74) is 0. The molecule has 3 fully saturated rings. The molecule has 3 heterocycles. The zero-order valence-electron chi connectivity index (χ0n) is 10.5. The van der Waals surface area contributed by atoms with E-state index < -0.39 is 0 Å². The number of hydrogen-bond acceptors (Lipinski definition) is 3. The van der Waals surface area contributed by atoms with Gasteiger partial charge in [-0.1, -0.05) is 0 Å². The van der Waals surface area contributed by atoms with Gasteiger partial charge in [0.25, 0.3) is 0 Å². The Labute approximate surface area is 109 Å². The van der Waals surface area contributed by atoms with Crippen LogP contribution in [0, 0.1) is 5.92 Å². The van der Waals surface area contributed by atoms with Crippen LogP contribution in [0.5, 0.6) is 0 Å². The van der Waals surface area contributed by atoms with E-state index >= 15 is 0 Å². The molecule has 1 amide bonds. The summed E-state index contributed by atoms with van der Waals surface area (Å²) in [5, 5.41) is 0. The minimum absolute atomic E-state index is 0.373. The number of carbonyl (C=O) groups excluding carboxylic acids is 1. The number of hydrogen-bond donors (Lipinski definition) is 1. The maximum atomic E-state index is 12.0. The van der Waals surface area contributed by atoms with Crippen molar-refractivity contribution in [1.82, 2.24) is 9.80 Å². The van der Waals surface area contributed by atoms with Gasteiger partial charge < -0.3 is 9.80 Å². The van der Waals surface area contributed by atoms with Crippen molar-refractivity contribution in [3.05, 3.63) is 0 Å². The topological polar surface area (TPSA) is 23.6 Å². The van der Waals surface area contributed by atoms with Crippen molar-refractivity contribution in [2.75, 3.05) is 19.3 Å². The standard InChI is InChI=1S/C13H22N2OS/c1-14-10-2-3-11(14)6-12(5-10)15-7-9(8-17)4-13(15)16/h9-12,17H,2-8H2,1H3. The van der Waals surface area contributed by atoms with Crippen LogP contribution >= 0.6 is 12.6 Å². The zero-order chi connectivity index (χ0) is 12.0. The quantitative estimate of drug-likeness (QED) is 0.753. The van der Waals surface area contributed by atoms with E-state index in [1.165, 1.54) is 25.7 Å². The van der Waals surface area contributed by atoms with E-state index in [0.29, 0.717) is 17.9 Å². The van der Waals surface area contributed by atoms with Gasteiger partial charge in [0.1, 0.15) is 0 Å². The van der Waals surface area contributed by atoms with Gasteiger partial charge >= 0.3 is 0 Å². The van der Waals surface area contributed by atoms with E-state index in [1.54, 1.807) is 0 Å². The summed E-state index contributed by atoms with van der Waals surface area (Å²) >= 11 is 4.34. The van der Waals surface area contributed by atoms with Crippen LogP contribution in [0.2, 0.25) is 0 Å². The predicted octanol–water partition coefficient (Wildman–Crippen LogP) is 1.39. The molecule has 0 spiro atoms. The van der Waals surface area contributed by atoms with Crippen molar-refractivity contribution >= 4 is 18.5 Å². The first-order chi connectivity index (χ1) is 8.19. The number of amides is 1. The second-order valence-corrected chi connectivity index (χ2v) is 6.34. The second-order valence-electron chi connectivity index (χ2n) is 5.97. The van der Waals surface area contributed by atoms with Crippen LogP contribution in [-0.4, -0.2) is 53.2 Å². The molecule has 3 aliphatic heterocycles. The molecule has 3 rings (SSSR count). The largest absolute Gasteiger partial charge is 0.339 e. The Morgan fingerprint density at radius 2 is 1.88 bits per heavy atom. The van der Waals surface area contributed by atoms with E-state index in [4.69, 9.17) is 0 Å². The van der Waals surface area contributed by atoms with Gasteiger partial charge in [0, 0.05) is 31.1 Å². The second kappa shape index (κ2) is 4.47. The van der Waals surface area contributed by atoms with Gasteiger partial charge in [-0.15, -0.1) is 0 Å². The lowest BCUT2D eigenvalue weighted by atomic mass is 9.97. The van der Waals surface area contributed by atoms with Crippen LogP contribution in [0.3, 0.4) is 0 Å². The van der Waals surface area contributed by atoms with Crippen LogP contribution in [0.15, 0.2) is 0 Å². The van der Waals surface area contributed by atoms with Gasteiger partial charge in [0.2, 0.25) is 5.91 Å². The fourth-order valence-corrected chi connectivity index (χ4v) is 4.17. The third-order valence-corrected chi connectivity index (χ3v) is 5.53. The summed E-state index contributed by atoms with van der Waals surface area (Å²) in [7, 11) is 2.25. The molecule has 3 atom stereocenters. The number of likely N-dealkylation sites (tertiary alicyclic amines) is 1. The highest BCUT2D eigenvalue weighted by Crippen LogP contribution is 2.38. The highest BCUT2D eigenvalue weighted by Gasteiger charge is 2.43. The zero-order valence-corrected chi connectivity index (χ0v) is 11.4. The van der Waals surface area contributed by atoms with Crippen LogP contribution in [0.1, 0.15) is 32.1 Å². The molecule has 0 N–H and O–H groups in total. The smallest absolute Gasteiger partial charge is 0.223 e. The van der Waals surface area contributed by atoms with Crippen LogP contribution < -0.4 is 0 Å². The third-order valence-electron chi connectivity index (χ3n) is 5.01. The maximum Gasteiger partial charge on any atom is 0.223 e. The minimum Gasteiger partial charge on any atom is -0.339 e. The van der Waals surface area contributed by atoms with Crippen LogP contribution in [0.25, 0.3) is 0 Å². The fraction of sp³-hybridized carbons (Fsp3) is 0.923. The van der Waals surface area contributed by atoms with Crippen LogP contribution in [-0.2, 0) is 4.79 Å². The van der Waals surface area contributed by atoms with Gasteiger partial charge in [-0.05, 0) is 44.4 Å². The Morgan fingerprint density at radius 1 is 1.24 bits per heavy atom. The van der Waals surface area contributed by atoms with Crippen molar-refractivity contribution in [2.45, 2.75) is 50.2 Å². The van der Waals surface area contributed by atoms with E-state index in [2.05, 4.69) is 29.5 Å². The van der Waals surface area contributed by atoms with E-state index in [-0.39, 0.29) is 0 Å². The summed E-state index contributed by atoms with van der Waals surface area (Å²) in [6.45, 7) is 0.955. The number of thiol groups is 1. The molecule has 0 radical (unpaired) electrons. The Morgan fingerprint density at radius 3 is 2.41 bits per heavy atom. The van der Waals surface area contributed by atoms with Crippen molar-refractivity contribution in [3.63, 3.8) is 0 Å². The summed E-state index contributed by atoms with van der Waals surface area (Å²) in [6, 6.07) is 1.96. The van der Waals surface area contributed by atoms with Gasteiger partial charge in [0.05, 0.1) is 0 Å². The molecule has 0 aromatic rings. The molecule has 3 aliphatic rings. The summed E-state index contributed by atoms with van der Waals surface area (Å²) < 4.78 is 0. The average molecular weight is 254 g/mol. The monoisotopic (exact) mass is 254 g/mol. The predicted molar refractivity (Wildman–Crippen MR) is 71.3 cm³/mol. The number of carbonyl (C=O) groups is 1. The first kappa shape index (κ1) is 11.8. The fourth-order valence-electron chi connectivity index (χ4n) is 3.92. The van der Waals surface area contributed by atoms with Gasteiger partial charge in [-0.25, -0.2) is 0 Å². The van der Waals surface area contributed by atoms with Crippen LogP contribution in [0.4, 0.5) is 0 Å². The Bertz CT molecular complexity index is 309. The molecular weight excluding hydrogens is 232 g/mol. The summed E-state index contributed by atoms with van der Waals surface area (Å²) in [5.74, 6) is 1.71. The molecule has 3 saturated heterocycles. The molecule has 17 heavy (non-hydrogen) atoms. The summed E-state index contributed by atoms with van der Waals surface area (Å²) in [4.78, 5) is 16.7. The summed E-state index contributed by atoms with van der Waals surface area (Å²) in [6.07, 6.45) is 5.77. The average Bonchev–Trinajstić information content (AvgIpc) is 2.76. The van der Waals surface area contributed by atoms with Gasteiger partial charge in [-0.3, -0.25) is 4.79 Å². The van der Waals surface area contributed by atoms with Crippen molar-refractivity contribution in [2.24, 2.45) is 5.92 Å². The number of fused-ring (bicyclic) bond motifs is 2. The van der Waals surface area contributed by atoms with Gasteiger partial charge in [-0.2, -0.15) is 12.6 Å². The van der Waals surface area contributed by atoms with Gasteiger partial charge in [0.15, 0.2) is 0 Å². The molecule has 0 aromatic carbocycles. The molecular formula is C13H22N2OS. The minimum atomic E-state index is 0.373. The third kappa shape index (κ3) is 1.99. The van der Waals surface area contributed by atoms with E-state index in [0.717, 1.165) is 30.8 Å². The SMILES string of the molecule is CN1C2CCC1CC(N1CC(CS)CC1=O)C2. The molecule has 2 bridgehead atoms. The maximum absolute atomic E-state index is 12.0. The highest BCUT2D eigenvalue weighted by atomic mass is 32.1. The Hall–Kier alpha value is -0.220. The number of nitrogens with zero attached hydrogens (tertiary/aromatic N) is 2. The lowest BCUT2D eigenvalue weighted by molar-refractivity contribution is -0.130. The van der Waals surface area contributed by atoms with E-state index in [1.807, 2.05) is 0 Å². The van der Waals surface area contributed by atoms with Crippen molar-refractivity contribution in [1.29, 1.82) is 0 Å². The molecule has 4 heteroatoms. The highest BCUT2D eigenvalue weighted by molar-refractivity contribution is 7.80. The van der Waals surface area contributed by atoms with E-state index in [9.17, 15) is 4.79 Å². The molecule has 96 valence electrons. The molecule has 0 aliphatic carbocycles. The van der Waals surface area contributed by atoms with Crippen molar-refractivity contribution in [3.8, 4) is 0 Å².